The Morgan fingerprint density at radius 3 is 1.15 bits per heavy atom. The molecule has 15 rings (SSSR count). The zero-order valence-electron chi connectivity index (χ0n) is 45.5. The maximum Gasteiger partial charge on any atom is 0.497 e. The van der Waals surface area contributed by atoms with Crippen molar-refractivity contribution >= 4 is 77.7 Å². The summed E-state index contributed by atoms with van der Waals surface area (Å²) < 4.78 is 12.9. The summed E-state index contributed by atoms with van der Waals surface area (Å²) in [4.78, 5) is 21.2. The van der Waals surface area contributed by atoms with E-state index in [1.165, 1.54) is 33.0 Å². The topological polar surface area (TPSA) is 70.0 Å². The van der Waals surface area contributed by atoms with Gasteiger partial charge >= 0.3 is 7.12 Å². The van der Waals surface area contributed by atoms with Gasteiger partial charge in [0.15, 0.2) is 0 Å². The van der Waals surface area contributed by atoms with E-state index in [0.29, 0.717) is 0 Å². The van der Waals surface area contributed by atoms with Crippen LogP contribution in [0.15, 0.2) is 261 Å². The molecule has 0 spiro atoms. The smallest absolute Gasteiger partial charge is 0.399 e. The van der Waals surface area contributed by atoms with Gasteiger partial charge in [0.25, 0.3) is 0 Å². The van der Waals surface area contributed by atoms with Crippen molar-refractivity contribution in [3.05, 3.63) is 261 Å². The van der Waals surface area contributed by atoms with Crippen molar-refractivity contribution in [3.63, 3.8) is 0 Å². The van der Waals surface area contributed by atoms with Crippen LogP contribution in [0.1, 0.15) is 27.7 Å². The lowest BCUT2D eigenvalue weighted by Gasteiger charge is -2.32. The van der Waals surface area contributed by atoms with Crippen LogP contribution in [0.3, 0.4) is 0 Å². The Morgan fingerprint density at radius 1 is 0.284 bits per heavy atom. The number of hydrogen-bond donors (Lipinski definition) is 0. The average Bonchev–Trinajstić information content (AvgIpc) is 3.91. The Kier molecular flexibility index (Phi) is 12.4. The lowest BCUT2D eigenvalue weighted by atomic mass is 9.76. The van der Waals surface area contributed by atoms with Crippen LogP contribution in [-0.4, -0.2) is 38.3 Å². The van der Waals surface area contributed by atoms with E-state index in [-0.39, 0.29) is 0 Å². The van der Waals surface area contributed by atoms with Crippen molar-refractivity contribution in [1.82, 2.24) is 19.9 Å². The predicted molar refractivity (Wildman–Crippen MR) is 337 cm³/mol. The van der Waals surface area contributed by atoms with E-state index < -0.39 is 18.3 Å². The molecule has 10 aromatic carbocycles. The number of fused-ring (bicyclic) bond motifs is 9. The average molecular weight is 1040 g/mol. The molecule has 14 aromatic rings. The molecule has 0 saturated carbocycles. The highest BCUT2D eigenvalue weighted by Crippen LogP contribution is 2.43. The van der Waals surface area contributed by atoms with Crippen molar-refractivity contribution in [1.29, 1.82) is 0 Å². The first-order valence-corrected chi connectivity index (χ1v) is 27.7. The first-order valence-electron chi connectivity index (χ1n) is 27.7. The maximum atomic E-state index is 6.47. The molecule has 0 unspecified atom stereocenters. The monoisotopic (exact) mass is 1040 g/mol. The highest BCUT2D eigenvalue weighted by atomic mass is 16.7. The van der Waals surface area contributed by atoms with E-state index in [1.807, 2.05) is 30.3 Å². The van der Waals surface area contributed by atoms with Crippen LogP contribution in [0.2, 0.25) is 0 Å². The van der Waals surface area contributed by atoms with Crippen LogP contribution in [0.4, 0.5) is 0 Å². The molecule has 0 radical (unpaired) electrons. The quantitative estimate of drug-likeness (QED) is 0.117. The molecule has 386 valence electrons. The Labute approximate surface area is 471 Å². The minimum atomic E-state index is -0.485. The molecule has 1 fully saturated rings. The fraction of sp³-hybridized carbons (Fsp3) is 0.0811. The molecular weight excluding hydrogens is 988 g/mol. The molecule has 7 heteroatoms. The summed E-state index contributed by atoms with van der Waals surface area (Å²) in [6, 6.07) is 91.0. The Hall–Kier alpha value is -9.66. The molecule has 1 saturated heterocycles. The van der Waals surface area contributed by atoms with Gasteiger partial charge in [-0.05, 0) is 62.1 Å². The van der Waals surface area contributed by atoms with Gasteiger partial charge in [0.05, 0.1) is 56.0 Å². The molecule has 5 heterocycles. The fourth-order valence-electron chi connectivity index (χ4n) is 11.6. The van der Waals surface area contributed by atoms with Gasteiger partial charge in [0.1, 0.15) is 0 Å². The normalized spacial score (nSPS) is 13.8. The number of aromatic nitrogens is 4. The molecule has 0 amide bonds. The largest absolute Gasteiger partial charge is 0.497 e. The molecule has 4 aromatic heterocycles. The molecule has 0 aliphatic carbocycles. The van der Waals surface area contributed by atoms with Crippen molar-refractivity contribution in [2.75, 3.05) is 0 Å². The van der Waals surface area contributed by atoms with Crippen LogP contribution in [-0.2, 0) is 9.31 Å². The summed E-state index contributed by atoms with van der Waals surface area (Å²) in [5.74, 6) is 0. The van der Waals surface area contributed by atoms with Gasteiger partial charge in [-0.1, -0.05) is 249 Å². The van der Waals surface area contributed by atoms with Crippen LogP contribution < -0.4 is 5.46 Å². The van der Waals surface area contributed by atoms with E-state index in [0.717, 1.165) is 105 Å². The van der Waals surface area contributed by atoms with Gasteiger partial charge in [-0.25, -0.2) is 19.9 Å². The number of benzene rings is 10. The van der Waals surface area contributed by atoms with Crippen molar-refractivity contribution < 1.29 is 9.31 Å². The van der Waals surface area contributed by atoms with Crippen LogP contribution in [0.5, 0.6) is 0 Å². The first-order chi connectivity index (χ1) is 39.7. The van der Waals surface area contributed by atoms with Crippen LogP contribution in [0.25, 0.3) is 132 Å². The van der Waals surface area contributed by atoms with E-state index in [1.54, 1.807) is 0 Å². The summed E-state index contributed by atoms with van der Waals surface area (Å²) in [5.41, 5.74) is 16.5. The second-order valence-electron chi connectivity index (χ2n) is 21.8. The third-order valence-electron chi connectivity index (χ3n) is 16.4. The molecule has 0 N–H and O–H groups in total. The second kappa shape index (κ2) is 20.2. The zero-order valence-corrected chi connectivity index (χ0v) is 45.5. The Balaban J connectivity index is 0.000000151. The van der Waals surface area contributed by atoms with Gasteiger partial charge in [-0.2, -0.15) is 0 Å². The van der Waals surface area contributed by atoms with Crippen molar-refractivity contribution in [2.24, 2.45) is 0 Å². The number of pyridine rings is 4. The number of rotatable bonds is 7. The summed E-state index contributed by atoms with van der Waals surface area (Å²) in [5, 5.41) is 8.99. The molecule has 1 aliphatic rings. The highest BCUT2D eigenvalue weighted by Gasteiger charge is 2.52. The van der Waals surface area contributed by atoms with Crippen LogP contribution >= 0.6 is 0 Å². The Bertz CT molecular complexity index is 4680. The molecule has 0 atom stereocenters. The van der Waals surface area contributed by atoms with Crippen molar-refractivity contribution in [3.8, 4) is 67.3 Å². The number of hydrogen-bond acceptors (Lipinski definition) is 6. The van der Waals surface area contributed by atoms with Gasteiger partial charge in [0, 0.05) is 70.8 Å². The van der Waals surface area contributed by atoms with E-state index in [4.69, 9.17) is 29.2 Å². The lowest BCUT2D eigenvalue weighted by molar-refractivity contribution is 0.00578. The van der Waals surface area contributed by atoms with Crippen molar-refractivity contribution in [2.45, 2.75) is 38.9 Å². The fourth-order valence-corrected chi connectivity index (χ4v) is 11.6. The molecule has 6 nitrogen and oxygen atoms in total. The molecule has 0 bridgehead atoms. The highest BCUT2D eigenvalue weighted by molar-refractivity contribution is 6.65. The van der Waals surface area contributed by atoms with E-state index in [2.05, 4.69) is 258 Å². The summed E-state index contributed by atoms with van der Waals surface area (Å²) in [6.07, 6.45) is 0. The van der Waals surface area contributed by atoms with Gasteiger partial charge in [0.2, 0.25) is 0 Å². The maximum absolute atomic E-state index is 6.47. The third-order valence-corrected chi connectivity index (χ3v) is 16.4. The molecule has 1 aliphatic heterocycles. The zero-order chi connectivity index (χ0) is 54.7. The minimum absolute atomic E-state index is 0.422. The Morgan fingerprint density at radius 2 is 0.654 bits per heavy atom. The lowest BCUT2D eigenvalue weighted by Crippen LogP contribution is -2.41. The number of nitrogens with zero attached hydrogens (tertiary/aromatic N) is 4. The first kappa shape index (κ1) is 49.6. The van der Waals surface area contributed by atoms with Gasteiger partial charge in [-0.15, -0.1) is 0 Å². The van der Waals surface area contributed by atoms with E-state index in [9.17, 15) is 0 Å². The van der Waals surface area contributed by atoms with Gasteiger partial charge in [-0.3, -0.25) is 0 Å². The number of para-hydroxylation sites is 2. The molecule has 81 heavy (non-hydrogen) atoms. The second-order valence-corrected chi connectivity index (χ2v) is 21.8. The summed E-state index contributed by atoms with van der Waals surface area (Å²) in [7, 11) is -0.485. The predicted octanol–water partition coefficient (Wildman–Crippen LogP) is 18.2. The van der Waals surface area contributed by atoms with Crippen LogP contribution in [0, 0.1) is 0 Å². The summed E-state index contributed by atoms with van der Waals surface area (Å²) in [6.45, 7) is 8.35. The SMILES string of the molecule is CC1(C)OB(c2cccc3c2nc(-c2ccccc2)c2cccc(-c4ccccc4)c23)OC1(C)C.c1ccc(-c2ccc3ccc4ccc(-c5cccc6c5nc(-c5ccccc5)c5cccc(-c7ccccc7)c56)nc4c3n2)cc1. The standard InChI is InChI=1S/C43H27N3.C31H28BNO2/c1-4-12-28(13-5-1)33-18-10-20-35-39(33)36-21-11-19-34(43(36)46-40(35)30-16-8-3-9-17-30)38-27-25-32-23-22-31-24-26-37(29-14-6-2-7-15-29)44-41(31)42(32)45-38;1-30(2)31(3,4)35-32(34-30)26-20-12-19-25-27-23(21-13-7-5-8-14-21)17-11-18-24(27)28(33-29(25)26)22-15-9-6-10-16-22/h1-27H;5-20H,1-4H3. The van der Waals surface area contributed by atoms with Gasteiger partial charge < -0.3 is 9.31 Å². The summed E-state index contributed by atoms with van der Waals surface area (Å²) >= 11 is 0. The minimum Gasteiger partial charge on any atom is -0.399 e. The molecular formula is C74H55BN4O2. The van der Waals surface area contributed by atoms with E-state index >= 15 is 0 Å². The third kappa shape index (κ3) is 8.88.